The third-order valence-electron chi connectivity index (χ3n) is 7.04. The number of nitrogens with one attached hydrogen (secondary N) is 2. The molecule has 2 amide bonds. The smallest absolute Gasteiger partial charge is 0.407 e. The van der Waals surface area contributed by atoms with E-state index in [1.54, 1.807) is 0 Å². The molecule has 0 bridgehead atoms. The first-order valence-corrected chi connectivity index (χ1v) is 12.1. The maximum atomic E-state index is 12.9. The zero-order valence-corrected chi connectivity index (χ0v) is 19.5. The lowest BCUT2D eigenvalue weighted by Crippen LogP contribution is -2.51. The maximum Gasteiger partial charge on any atom is 0.407 e. The van der Waals surface area contributed by atoms with Crippen molar-refractivity contribution in [3.63, 3.8) is 0 Å². The minimum atomic E-state index is -1.02. The third kappa shape index (κ3) is 5.41. The van der Waals surface area contributed by atoms with Gasteiger partial charge in [-0.3, -0.25) is 9.59 Å². The summed E-state index contributed by atoms with van der Waals surface area (Å²) in [7, 11) is 0. The molecule has 1 fully saturated rings. The summed E-state index contributed by atoms with van der Waals surface area (Å²) in [6.45, 7) is 2.24. The number of fused-ring (bicyclic) bond motifs is 3. The van der Waals surface area contributed by atoms with Crippen LogP contribution < -0.4 is 10.6 Å². The molecule has 2 aromatic carbocycles. The highest BCUT2D eigenvalue weighted by molar-refractivity contribution is 5.86. The van der Waals surface area contributed by atoms with Crippen LogP contribution in [0.3, 0.4) is 0 Å². The highest BCUT2D eigenvalue weighted by atomic mass is 16.5. The van der Waals surface area contributed by atoms with Gasteiger partial charge in [-0.1, -0.05) is 68.3 Å². The normalized spacial score (nSPS) is 20.0. The second kappa shape index (κ2) is 10.7. The molecule has 0 aromatic heterocycles. The number of carboxylic acids is 1. The van der Waals surface area contributed by atoms with Crippen molar-refractivity contribution in [3.05, 3.63) is 59.7 Å². The van der Waals surface area contributed by atoms with Gasteiger partial charge < -0.3 is 20.5 Å². The summed E-state index contributed by atoms with van der Waals surface area (Å²) in [5.41, 5.74) is 4.46. The van der Waals surface area contributed by atoms with E-state index >= 15 is 0 Å². The number of carboxylic acid groups (broad SMARTS) is 1. The van der Waals surface area contributed by atoms with Crippen molar-refractivity contribution < 1.29 is 24.2 Å². The maximum absolute atomic E-state index is 12.9. The summed E-state index contributed by atoms with van der Waals surface area (Å²) in [5, 5.41) is 14.7. The molecule has 4 rings (SSSR count). The molecule has 3 N–H and O–H groups in total. The van der Waals surface area contributed by atoms with E-state index in [2.05, 4.69) is 29.7 Å². The van der Waals surface area contributed by atoms with Crippen LogP contribution in [-0.4, -0.2) is 41.8 Å². The van der Waals surface area contributed by atoms with E-state index in [0.29, 0.717) is 5.92 Å². The van der Waals surface area contributed by atoms with Crippen LogP contribution in [-0.2, 0) is 14.3 Å². The first-order valence-electron chi connectivity index (χ1n) is 12.1. The molecule has 0 aliphatic heterocycles. The van der Waals surface area contributed by atoms with Crippen LogP contribution in [0.5, 0.6) is 0 Å². The molecule has 7 heteroatoms. The summed E-state index contributed by atoms with van der Waals surface area (Å²) in [4.78, 5) is 36.7. The molecule has 3 atom stereocenters. The Labute approximate surface area is 199 Å². The highest BCUT2D eigenvalue weighted by Crippen LogP contribution is 2.44. The molecule has 180 valence electrons. The predicted molar refractivity (Wildman–Crippen MR) is 128 cm³/mol. The second-order valence-electron chi connectivity index (χ2n) is 9.33. The quantitative estimate of drug-likeness (QED) is 0.535. The third-order valence-corrected chi connectivity index (χ3v) is 7.04. The Hall–Kier alpha value is -3.35. The number of carbonyl (C=O) groups is 3. The fourth-order valence-electron chi connectivity index (χ4n) is 5.13. The van der Waals surface area contributed by atoms with E-state index in [1.807, 2.05) is 36.4 Å². The molecule has 3 unspecified atom stereocenters. The molecule has 0 spiro atoms. The van der Waals surface area contributed by atoms with Crippen LogP contribution >= 0.6 is 0 Å². The van der Waals surface area contributed by atoms with Gasteiger partial charge in [0.1, 0.15) is 12.6 Å². The Kier molecular flexibility index (Phi) is 7.50. The Morgan fingerprint density at radius 2 is 1.62 bits per heavy atom. The number of hydrogen-bond donors (Lipinski definition) is 3. The largest absolute Gasteiger partial charge is 0.481 e. The van der Waals surface area contributed by atoms with Crippen molar-refractivity contribution in [2.45, 2.75) is 63.5 Å². The molecule has 0 heterocycles. The number of hydrogen-bond acceptors (Lipinski definition) is 4. The van der Waals surface area contributed by atoms with E-state index in [-0.39, 0.29) is 37.3 Å². The Morgan fingerprint density at radius 3 is 2.24 bits per heavy atom. The molecule has 34 heavy (non-hydrogen) atoms. The lowest BCUT2D eigenvalue weighted by molar-refractivity contribution is -0.137. The first-order chi connectivity index (χ1) is 16.4. The summed E-state index contributed by atoms with van der Waals surface area (Å²) in [6, 6.07) is 15.2. The number of alkyl carbamates (subject to hydrolysis) is 1. The fourth-order valence-corrected chi connectivity index (χ4v) is 5.13. The summed E-state index contributed by atoms with van der Waals surface area (Å²) >= 11 is 0. The van der Waals surface area contributed by atoms with Crippen LogP contribution in [0.4, 0.5) is 4.79 Å². The van der Waals surface area contributed by atoms with Crippen LogP contribution in [0.15, 0.2) is 48.5 Å². The van der Waals surface area contributed by atoms with Gasteiger partial charge in [-0.15, -0.1) is 0 Å². The minimum Gasteiger partial charge on any atom is -0.481 e. The average Bonchev–Trinajstić information content (AvgIpc) is 3.15. The van der Waals surface area contributed by atoms with Crippen molar-refractivity contribution in [1.82, 2.24) is 10.6 Å². The monoisotopic (exact) mass is 464 g/mol. The second-order valence-corrected chi connectivity index (χ2v) is 9.33. The number of rotatable bonds is 8. The lowest BCUT2D eigenvalue weighted by atomic mass is 9.86. The summed E-state index contributed by atoms with van der Waals surface area (Å²) in [5.74, 6) is -1.11. The molecule has 2 aliphatic carbocycles. The molecule has 2 aliphatic rings. The first kappa shape index (κ1) is 23.8. The van der Waals surface area contributed by atoms with E-state index in [4.69, 9.17) is 9.84 Å². The van der Waals surface area contributed by atoms with Crippen LogP contribution in [0.1, 0.15) is 62.5 Å². The standard InChI is InChI=1S/C27H32N2O5/c1-17-8-2-7-13-23(17)28-26(32)24(14-15-25(30)31)29-27(33)34-16-22-20-11-5-3-9-18(20)19-10-4-6-12-21(19)22/h3-6,9-12,17,22-24H,2,7-8,13-16H2,1H3,(H,28,32)(H,29,33)(H,30,31). The van der Waals surface area contributed by atoms with E-state index in [9.17, 15) is 14.4 Å². The molecule has 0 radical (unpaired) electrons. The van der Waals surface area contributed by atoms with E-state index in [1.165, 1.54) is 0 Å². The Morgan fingerprint density at radius 1 is 1.00 bits per heavy atom. The molecular formula is C27H32N2O5. The summed E-state index contributed by atoms with van der Waals surface area (Å²) < 4.78 is 5.56. The van der Waals surface area contributed by atoms with Gasteiger partial charge in [-0.25, -0.2) is 4.79 Å². The van der Waals surface area contributed by atoms with Crippen molar-refractivity contribution in [1.29, 1.82) is 0 Å². The number of carbonyl (C=O) groups excluding carboxylic acids is 2. The SMILES string of the molecule is CC1CCCCC1NC(=O)C(CCC(=O)O)NC(=O)OCC1c2ccccc2-c2ccccc21. The van der Waals surface area contributed by atoms with Crippen LogP contribution in [0.25, 0.3) is 11.1 Å². The van der Waals surface area contributed by atoms with Gasteiger partial charge in [-0.2, -0.15) is 0 Å². The zero-order valence-electron chi connectivity index (χ0n) is 19.5. The number of ether oxygens (including phenoxy) is 1. The van der Waals surface area contributed by atoms with E-state index in [0.717, 1.165) is 47.9 Å². The summed E-state index contributed by atoms with van der Waals surface area (Å²) in [6.07, 6.45) is 3.20. The molecular weight excluding hydrogens is 432 g/mol. The lowest BCUT2D eigenvalue weighted by Gasteiger charge is -2.31. The predicted octanol–water partition coefficient (Wildman–Crippen LogP) is 4.45. The Balaban J connectivity index is 1.40. The van der Waals surface area contributed by atoms with Crippen molar-refractivity contribution in [2.75, 3.05) is 6.61 Å². The van der Waals surface area contributed by atoms with Gasteiger partial charge in [0.05, 0.1) is 0 Å². The van der Waals surface area contributed by atoms with Crippen LogP contribution in [0.2, 0.25) is 0 Å². The molecule has 7 nitrogen and oxygen atoms in total. The topological polar surface area (TPSA) is 105 Å². The van der Waals surface area contributed by atoms with E-state index < -0.39 is 18.1 Å². The van der Waals surface area contributed by atoms with Gasteiger partial charge in [0.25, 0.3) is 0 Å². The number of amides is 2. The van der Waals surface area contributed by atoms with Crippen molar-refractivity contribution in [3.8, 4) is 11.1 Å². The van der Waals surface area contributed by atoms with Crippen molar-refractivity contribution >= 4 is 18.0 Å². The minimum absolute atomic E-state index is 0.00641. The van der Waals surface area contributed by atoms with Gasteiger partial charge >= 0.3 is 12.1 Å². The molecule has 0 saturated heterocycles. The fraction of sp³-hybridized carbons (Fsp3) is 0.444. The number of benzene rings is 2. The highest BCUT2D eigenvalue weighted by Gasteiger charge is 2.31. The molecule has 1 saturated carbocycles. The number of aliphatic carboxylic acids is 1. The zero-order chi connectivity index (χ0) is 24.1. The van der Waals surface area contributed by atoms with Gasteiger partial charge in [0.2, 0.25) is 5.91 Å². The average molecular weight is 465 g/mol. The van der Waals surface area contributed by atoms with Crippen molar-refractivity contribution in [2.24, 2.45) is 5.92 Å². The van der Waals surface area contributed by atoms with Gasteiger partial charge in [-0.05, 0) is 47.4 Å². The Bertz CT molecular complexity index is 1010. The van der Waals surface area contributed by atoms with Gasteiger partial charge in [0.15, 0.2) is 0 Å². The van der Waals surface area contributed by atoms with Gasteiger partial charge in [0, 0.05) is 18.4 Å². The molecule has 2 aromatic rings. The van der Waals surface area contributed by atoms with Crippen LogP contribution in [0, 0.1) is 5.92 Å².